The molecule has 1 aromatic rings. The Kier molecular flexibility index (Phi) is 3.68. The van der Waals surface area contributed by atoms with Crippen molar-refractivity contribution in [1.82, 2.24) is 9.80 Å². The van der Waals surface area contributed by atoms with Crippen LogP contribution in [0.2, 0.25) is 0 Å². The number of rotatable bonds is 4. The van der Waals surface area contributed by atoms with Crippen LogP contribution in [-0.4, -0.2) is 41.2 Å². The Morgan fingerprint density at radius 2 is 2.18 bits per heavy atom. The fourth-order valence-electron chi connectivity index (χ4n) is 3.77. The van der Waals surface area contributed by atoms with E-state index in [-0.39, 0.29) is 23.8 Å². The molecule has 1 aromatic heterocycles. The summed E-state index contributed by atoms with van der Waals surface area (Å²) in [6.45, 7) is 2.35. The van der Waals surface area contributed by atoms with Crippen LogP contribution in [0, 0.1) is 11.8 Å². The average Bonchev–Trinajstić information content (AvgIpc) is 2.96. The van der Waals surface area contributed by atoms with Crippen molar-refractivity contribution >= 4 is 23.2 Å². The summed E-state index contributed by atoms with van der Waals surface area (Å²) in [4.78, 5) is 30.3. The molecular weight excluding hydrogens is 296 g/mol. The lowest BCUT2D eigenvalue weighted by molar-refractivity contribution is -0.136. The molecule has 3 heterocycles. The minimum absolute atomic E-state index is 0.119. The van der Waals surface area contributed by atoms with Gasteiger partial charge in [-0.25, -0.2) is 0 Å². The zero-order valence-corrected chi connectivity index (χ0v) is 13.6. The highest BCUT2D eigenvalue weighted by Crippen LogP contribution is 2.37. The van der Waals surface area contributed by atoms with Gasteiger partial charge in [-0.3, -0.25) is 9.59 Å². The highest BCUT2D eigenvalue weighted by molar-refractivity contribution is 7.10. The van der Waals surface area contributed by atoms with Crippen LogP contribution in [0.1, 0.15) is 43.0 Å². The van der Waals surface area contributed by atoms with E-state index >= 15 is 0 Å². The molecule has 2 amide bonds. The lowest BCUT2D eigenvalue weighted by Gasteiger charge is -2.26. The molecule has 118 valence electrons. The largest absolute Gasteiger partial charge is 0.342 e. The zero-order chi connectivity index (χ0) is 15.1. The highest BCUT2D eigenvalue weighted by atomic mass is 32.1. The average molecular weight is 318 g/mol. The minimum atomic E-state index is -0.119. The molecule has 0 N–H and O–H groups in total. The standard InChI is InChI=1S/C17H22N2O2S/c20-16-9-13(11-18(16)10-12-5-6-12)17(21)19-7-1-3-14(19)15-4-2-8-22-15/h2,4,8,12-14H,1,3,5-7,9-11H2/t13-,14-/m0/s1. The molecule has 0 spiro atoms. The molecule has 2 aliphatic heterocycles. The van der Waals surface area contributed by atoms with Crippen LogP contribution >= 0.6 is 11.3 Å². The second-order valence-corrected chi connectivity index (χ2v) is 7.83. The molecule has 1 saturated carbocycles. The molecule has 0 radical (unpaired) electrons. The Labute approximate surface area is 135 Å². The molecule has 2 saturated heterocycles. The fraction of sp³-hybridized carbons (Fsp3) is 0.647. The Balaban J connectivity index is 1.43. The number of carbonyl (C=O) groups excluding carboxylic acids is 2. The molecule has 2 atom stereocenters. The first-order valence-corrected chi connectivity index (χ1v) is 9.22. The molecule has 0 bridgehead atoms. The minimum Gasteiger partial charge on any atom is -0.342 e. The predicted molar refractivity (Wildman–Crippen MR) is 85.4 cm³/mol. The van der Waals surface area contributed by atoms with Crippen molar-refractivity contribution in [2.75, 3.05) is 19.6 Å². The van der Waals surface area contributed by atoms with Crippen LogP contribution in [0.15, 0.2) is 17.5 Å². The van der Waals surface area contributed by atoms with Gasteiger partial charge in [0.15, 0.2) is 0 Å². The number of thiophene rings is 1. The molecule has 5 heteroatoms. The molecule has 3 aliphatic rings. The lowest BCUT2D eigenvalue weighted by Crippen LogP contribution is -2.37. The molecule has 1 aliphatic carbocycles. The molecule has 0 aromatic carbocycles. The summed E-state index contributed by atoms with van der Waals surface area (Å²) in [5.74, 6) is 0.954. The van der Waals surface area contributed by atoms with Crippen molar-refractivity contribution in [3.63, 3.8) is 0 Å². The molecule has 22 heavy (non-hydrogen) atoms. The lowest BCUT2D eigenvalue weighted by atomic mass is 10.1. The van der Waals surface area contributed by atoms with E-state index in [0.717, 1.165) is 25.9 Å². The quantitative estimate of drug-likeness (QED) is 0.856. The van der Waals surface area contributed by atoms with Gasteiger partial charge in [0.2, 0.25) is 11.8 Å². The van der Waals surface area contributed by atoms with Gasteiger partial charge in [-0.15, -0.1) is 11.3 Å². The highest BCUT2D eigenvalue weighted by Gasteiger charge is 2.41. The molecule has 4 rings (SSSR count). The summed E-state index contributed by atoms with van der Waals surface area (Å²) in [5.41, 5.74) is 0. The number of hydrogen-bond acceptors (Lipinski definition) is 3. The van der Waals surface area contributed by atoms with E-state index in [1.54, 1.807) is 11.3 Å². The first kappa shape index (κ1) is 14.2. The Hall–Kier alpha value is -1.36. The maximum Gasteiger partial charge on any atom is 0.228 e. The van der Waals surface area contributed by atoms with Crippen molar-refractivity contribution in [3.8, 4) is 0 Å². The maximum absolute atomic E-state index is 12.9. The van der Waals surface area contributed by atoms with Gasteiger partial charge in [-0.05, 0) is 43.0 Å². The Morgan fingerprint density at radius 1 is 1.32 bits per heavy atom. The van der Waals surface area contributed by atoms with E-state index in [9.17, 15) is 9.59 Å². The summed E-state index contributed by atoms with van der Waals surface area (Å²) in [7, 11) is 0. The van der Waals surface area contributed by atoms with E-state index in [4.69, 9.17) is 0 Å². The smallest absolute Gasteiger partial charge is 0.228 e. The number of carbonyl (C=O) groups is 2. The van der Waals surface area contributed by atoms with Gasteiger partial charge in [0.1, 0.15) is 0 Å². The Morgan fingerprint density at radius 3 is 2.91 bits per heavy atom. The molecule has 3 fully saturated rings. The Bertz CT molecular complexity index is 567. The first-order valence-electron chi connectivity index (χ1n) is 8.34. The van der Waals surface area contributed by atoms with Crippen LogP contribution in [-0.2, 0) is 9.59 Å². The van der Waals surface area contributed by atoms with Crippen LogP contribution in [0.4, 0.5) is 0 Å². The monoisotopic (exact) mass is 318 g/mol. The van der Waals surface area contributed by atoms with Gasteiger partial charge in [0.05, 0.1) is 12.0 Å². The number of likely N-dealkylation sites (tertiary alicyclic amines) is 2. The van der Waals surface area contributed by atoms with Crippen molar-refractivity contribution in [1.29, 1.82) is 0 Å². The van der Waals surface area contributed by atoms with Crippen molar-refractivity contribution < 1.29 is 9.59 Å². The van der Waals surface area contributed by atoms with Gasteiger partial charge in [-0.2, -0.15) is 0 Å². The SMILES string of the molecule is O=C1C[C@H](C(=O)N2CCC[C@H]2c2cccs2)CN1CC1CC1. The van der Waals surface area contributed by atoms with Gasteiger partial charge in [0, 0.05) is 30.9 Å². The van der Waals surface area contributed by atoms with E-state index in [0.29, 0.717) is 18.9 Å². The number of amides is 2. The third-order valence-corrected chi connectivity index (χ3v) is 6.12. The maximum atomic E-state index is 12.9. The van der Waals surface area contributed by atoms with E-state index in [1.165, 1.54) is 17.7 Å². The van der Waals surface area contributed by atoms with Gasteiger partial charge in [-0.1, -0.05) is 6.07 Å². The van der Waals surface area contributed by atoms with Gasteiger partial charge >= 0.3 is 0 Å². The summed E-state index contributed by atoms with van der Waals surface area (Å²) in [5, 5.41) is 2.08. The van der Waals surface area contributed by atoms with Crippen molar-refractivity contribution in [2.45, 2.75) is 38.1 Å². The summed E-state index contributed by atoms with van der Waals surface area (Å²) in [6.07, 6.45) is 5.03. The van der Waals surface area contributed by atoms with Crippen molar-refractivity contribution in [3.05, 3.63) is 22.4 Å². The third-order valence-electron chi connectivity index (χ3n) is 5.15. The van der Waals surface area contributed by atoms with Crippen molar-refractivity contribution in [2.24, 2.45) is 11.8 Å². The number of nitrogens with zero attached hydrogens (tertiary/aromatic N) is 2. The summed E-state index contributed by atoms with van der Waals surface area (Å²) >= 11 is 1.73. The zero-order valence-electron chi connectivity index (χ0n) is 12.7. The molecular formula is C17H22N2O2S. The molecule has 4 nitrogen and oxygen atoms in total. The second-order valence-electron chi connectivity index (χ2n) is 6.85. The normalized spacial score (nSPS) is 28.6. The van der Waals surface area contributed by atoms with Gasteiger partial charge in [0.25, 0.3) is 0 Å². The van der Waals surface area contributed by atoms with Crippen LogP contribution in [0.3, 0.4) is 0 Å². The van der Waals surface area contributed by atoms with Gasteiger partial charge < -0.3 is 9.80 Å². The van der Waals surface area contributed by atoms with Crippen LogP contribution in [0.25, 0.3) is 0 Å². The van der Waals surface area contributed by atoms with E-state index in [2.05, 4.69) is 17.5 Å². The second kappa shape index (κ2) is 5.69. The van der Waals surface area contributed by atoms with E-state index in [1.807, 2.05) is 9.80 Å². The summed E-state index contributed by atoms with van der Waals surface area (Å²) in [6, 6.07) is 4.41. The molecule has 0 unspecified atom stereocenters. The first-order chi connectivity index (χ1) is 10.7. The summed E-state index contributed by atoms with van der Waals surface area (Å²) < 4.78 is 0. The third kappa shape index (κ3) is 2.67. The predicted octanol–water partition coefficient (Wildman–Crippen LogP) is 2.67. The van der Waals surface area contributed by atoms with E-state index < -0.39 is 0 Å². The topological polar surface area (TPSA) is 40.6 Å². The van der Waals surface area contributed by atoms with Crippen LogP contribution < -0.4 is 0 Å². The van der Waals surface area contributed by atoms with Crippen LogP contribution in [0.5, 0.6) is 0 Å². The fourth-order valence-corrected chi connectivity index (χ4v) is 4.64. The number of hydrogen-bond donors (Lipinski definition) is 0.